The zero-order chi connectivity index (χ0) is 16.2. The van der Waals surface area contributed by atoms with Gasteiger partial charge in [-0.05, 0) is 60.5 Å². The minimum Gasteiger partial charge on any atom is -0.310 e. The van der Waals surface area contributed by atoms with Crippen LogP contribution in [0, 0.1) is 0 Å². The number of halogens is 1. The first-order valence-electron chi connectivity index (χ1n) is 7.52. The van der Waals surface area contributed by atoms with E-state index in [0.29, 0.717) is 0 Å². The van der Waals surface area contributed by atoms with E-state index in [4.69, 9.17) is 0 Å². The highest BCUT2D eigenvalue weighted by molar-refractivity contribution is 9.10. The topological polar surface area (TPSA) is 3.24 Å². The minimum atomic E-state index is 1.04. The van der Waals surface area contributed by atoms with Crippen molar-refractivity contribution in [2.24, 2.45) is 0 Å². The second kappa shape index (κ2) is 6.84. The van der Waals surface area contributed by atoms with Gasteiger partial charge in [-0.25, -0.2) is 0 Å². The van der Waals surface area contributed by atoms with E-state index in [2.05, 4.69) is 94.1 Å². The van der Waals surface area contributed by atoms with E-state index in [0.717, 1.165) is 32.7 Å². The van der Waals surface area contributed by atoms with Crippen LogP contribution in [0.15, 0.2) is 89.9 Å². The number of anilines is 3. The van der Waals surface area contributed by atoms with Crippen LogP contribution in [-0.2, 0) is 0 Å². The molecule has 0 spiro atoms. The number of hydrogen-bond acceptors (Lipinski definition) is 1. The summed E-state index contributed by atoms with van der Waals surface area (Å²) in [5.41, 5.74) is 5.55. The first kappa shape index (κ1) is 15.6. The van der Waals surface area contributed by atoms with E-state index in [-0.39, 0.29) is 0 Å². The fourth-order valence-electron chi connectivity index (χ4n) is 2.58. The van der Waals surface area contributed by atoms with Gasteiger partial charge in [0.1, 0.15) is 0 Å². The van der Waals surface area contributed by atoms with Crippen LogP contribution >= 0.6 is 15.9 Å². The van der Waals surface area contributed by atoms with Crippen molar-refractivity contribution in [3.8, 4) is 0 Å². The Labute approximate surface area is 146 Å². The van der Waals surface area contributed by atoms with Gasteiger partial charge in [0.15, 0.2) is 0 Å². The van der Waals surface area contributed by atoms with Crippen molar-refractivity contribution in [3.05, 3.63) is 95.5 Å². The van der Waals surface area contributed by atoms with Crippen molar-refractivity contribution < 1.29 is 0 Å². The summed E-state index contributed by atoms with van der Waals surface area (Å²) >= 11 is 3.61. The van der Waals surface area contributed by atoms with Crippen LogP contribution in [0.4, 0.5) is 17.1 Å². The maximum absolute atomic E-state index is 4.08. The zero-order valence-electron chi connectivity index (χ0n) is 13.0. The van der Waals surface area contributed by atoms with E-state index in [1.165, 1.54) is 0 Å². The van der Waals surface area contributed by atoms with Gasteiger partial charge < -0.3 is 4.90 Å². The van der Waals surface area contributed by atoms with E-state index in [1.54, 1.807) is 0 Å². The number of para-hydroxylation sites is 2. The molecule has 0 radical (unpaired) electrons. The van der Waals surface area contributed by atoms with Crippen LogP contribution in [0.1, 0.15) is 12.5 Å². The SMILES string of the molecule is C=C(C)c1cc(N(c2ccccc2)c2ccccc2)ccc1Br. The van der Waals surface area contributed by atoms with Crippen molar-refractivity contribution in [3.63, 3.8) is 0 Å². The van der Waals surface area contributed by atoms with E-state index >= 15 is 0 Å². The summed E-state index contributed by atoms with van der Waals surface area (Å²) in [6.45, 7) is 6.11. The molecule has 1 nitrogen and oxygen atoms in total. The molecule has 0 amide bonds. The fourth-order valence-corrected chi connectivity index (χ4v) is 3.17. The second-order valence-electron chi connectivity index (χ2n) is 5.45. The average molecular weight is 364 g/mol. The van der Waals surface area contributed by atoms with Crippen molar-refractivity contribution in [2.45, 2.75) is 6.92 Å². The minimum absolute atomic E-state index is 1.04. The molecule has 2 heteroatoms. The smallest absolute Gasteiger partial charge is 0.0468 e. The lowest BCUT2D eigenvalue weighted by molar-refractivity contribution is 1.28. The predicted octanol–water partition coefficient (Wildman–Crippen LogP) is 6.95. The third-order valence-electron chi connectivity index (χ3n) is 3.70. The Balaban J connectivity index is 2.17. The monoisotopic (exact) mass is 363 g/mol. The molecule has 0 heterocycles. The average Bonchev–Trinajstić information content (AvgIpc) is 2.58. The molecule has 3 rings (SSSR count). The Hall–Kier alpha value is -2.32. The molecule has 0 saturated carbocycles. The van der Waals surface area contributed by atoms with Crippen LogP contribution < -0.4 is 4.90 Å². The molecule has 114 valence electrons. The van der Waals surface area contributed by atoms with E-state index in [9.17, 15) is 0 Å². The molecular weight excluding hydrogens is 346 g/mol. The maximum Gasteiger partial charge on any atom is 0.0468 e. The Bertz CT molecular complexity index is 770. The first-order chi connectivity index (χ1) is 11.2. The lowest BCUT2D eigenvalue weighted by atomic mass is 10.1. The van der Waals surface area contributed by atoms with Gasteiger partial charge in [-0.1, -0.05) is 58.9 Å². The van der Waals surface area contributed by atoms with Gasteiger partial charge in [0, 0.05) is 21.5 Å². The molecule has 3 aromatic rings. The molecule has 0 bridgehead atoms. The van der Waals surface area contributed by atoms with E-state index < -0.39 is 0 Å². The quantitative estimate of drug-likeness (QED) is 0.484. The molecule has 0 aromatic heterocycles. The summed E-state index contributed by atoms with van der Waals surface area (Å²) in [6.07, 6.45) is 0. The standard InChI is InChI=1S/C21H18BrN/c1-16(2)20-15-19(13-14-21(20)22)23(17-9-5-3-6-10-17)18-11-7-4-8-12-18/h3-15H,1H2,2H3. The summed E-state index contributed by atoms with van der Waals surface area (Å²) in [6, 6.07) is 27.2. The lowest BCUT2D eigenvalue weighted by Gasteiger charge is -2.26. The number of rotatable bonds is 4. The molecule has 0 unspecified atom stereocenters. The molecule has 23 heavy (non-hydrogen) atoms. The molecule has 0 fully saturated rings. The summed E-state index contributed by atoms with van der Waals surface area (Å²) < 4.78 is 1.06. The fraction of sp³-hybridized carbons (Fsp3) is 0.0476. The molecule has 0 aliphatic rings. The number of allylic oxidation sites excluding steroid dienone is 1. The van der Waals surface area contributed by atoms with Crippen molar-refractivity contribution in [2.75, 3.05) is 4.90 Å². The van der Waals surface area contributed by atoms with Crippen LogP contribution in [0.2, 0.25) is 0 Å². The van der Waals surface area contributed by atoms with Crippen molar-refractivity contribution >= 4 is 38.6 Å². The highest BCUT2D eigenvalue weighted by Crippen LogP contribution is 2.37. The van der Waals surface area contributed by atoms with Crippen LogP contribution in [-0.4, -0.2) is 0 Å². The number of hydrogen-bond donors (Lipinski definition) is 0. The molecule has 0 N–H and O–H groups in total. The predicted molar refractivity (Wildman–Crippen MR) is 104 cm³/mol. The van der Waals surface area contributed by atoms with Gasteiger partial charge in [0.2, 0.25) is 0 Å². The molecule has 0 aliphatic heterocycles. The van der Waals surface area contributed by atoms with Crippen LogP contribution in [0.25, 0.3) is 5.57 Å². The molecule has 0 aliphatic carbocycles. The number of nitrogens with zero attached hydrogens (tertiary/aromatic N) is 1. The van der Waals surface area contributed by atoms with Crippen molar-refractivity contribution in [1.29, 1.82) is 0 Å². The van der Waals surface area contributed by atoms with Gasteiger partial charge in [-0.3, -0.25) is 0 Å². The summed E-state index contributed by atoms with van der Waals surface area (Å²) in [4.78, 5) is 2.25. The van der Waals surface area contributed by atoms with Crippen molar-refractivity contribution in [1.82, 2.24) is 0 Å². The largest absolute Gasteiger partial charge is 0.310 e. The Kier molecular flexibility index (Phi) is 4.63. The van der Waals surface area contributed by atoms with E-state index in [1.807, 2.05) is 19.1 Å². The molecule has 0 atom stereocenters. The second-order valence-corrected chi connectivity index (χ2v) is 6.31. The molecule has 3 aromatic carbocycles. The van der Waals surface area contributed by atoms with Crippen LogP contribution in [0.5, 0.6) is 0 Å². The number of benzene rings is 3. The maximum atomic E-state index is 4.08. The van der Waals surface area contributed by atoms with Gasteiger partial charge in [0.25, 0.3) is 0 Å². The molecular formula is C21H18BrN. The summed E-state index contributed by atoms with van der Waals surface area (Å²) in [5, 5.41) is 0. The first-order valence-corrected chi connectivity index (χ1v) is 8.32. The third kappa shape index (κ3) is 3.38. The Morgan fingerprint density at radius 3 is 1.78 bits per heavy atom. The summed E-state index contributed by atoms with van der Waals surface area (Å²) in [7, 11) is 0. The molecule has 0 saturated heterocycles. The van der Waals surface area contributed by atoms with Gasteiger partial charge in [0.05, 0.1) is 0 Å². The Morgan fingerprint density at radius 2 is 1.30 bits per heavy atom. The van der Waals surface area contributed by atoms with Gasteiger partial charge >= 0.3 is 0 Å². The van der Waals surface area contributed by atoms with Gasteiger partial charge in [-0.2, -0.15) is 0 Å². The highest BCUT2D eigenvalue weighted by atomic mass is 79.9. The van der Waals surface area contributed by atoms with Crippen LogP contribution in [0.3, 0.4) is 0 Å². The summed E-state index contributed by atoms with van der Waals surface area (Å²) in [5.74, 6) is 0. The van der Waals surface area contributed by atoms with Gasteiger partial charge in [-0.15, -0.1) is 0 Å². The lowest BCUT2D eigenvalue weighted by Crippen LogP contribution is -2.10. The Morgan fingerprint density at radius 1 is 0.783 bits per heavy atom. The highest BCUT2D eigenvalue weighted by Gasteiger charge is 2.13. The zero-order valence-corrected chi connectivity index (χ0v) is 14.6. The normalized spacial score (nSPS) is 10.3. The third-order valence-corrected chi connectivity index (χ3v) is 4.39.